The third-order valence-corrected chi connectivity index (χ3v) is 6.36. The van der Waals surface area contributed by atoms with Crippen LogP contribution in [0.15, 0.2) is 36.4 Å². The van der Waals surface area contributed by atoms with Crippen molar-refractivity contribution >= 4 is 17.3 Å². The Labute approximate surface area is 160 Å². The Kier molecular flexibility index (Phi) is 5.91. The normalized spacial score (nSPS) is 17.8. The van der Waals surface area contributed by atoms with Crippen molar-refractivity contribution in [3.63, 3.8) is 0 Å². The van der Waals surface area contributed by atoms with Gasteiger partial charge in [0.05, 0.1) is 17.5 Å². The Morgan fingerprint density at radius 3 is 2.52 bits per heavy atom. The van der Waals surface area contributed by atoms with E-state index in [-0.39, 0.29) is 12.0 Å². The second-order valence-corrected chi connectivity index (χ2v) is 8.03. The van der Waals surface area contributed by atoms with Gasteiger partial charge in [-0.1, -0.05) is 19.1 Å². The summed E-state index contributed by atoms with van der Waals surface area (Å²) in [5, 5.41) is 9.22. The van der Waals surface area contributed by atoms with Gasteiger partial charge in [-0.05, 0) is 62.2 Å². The Morgan fingerprint density at radius 2 is 1.96 bits per heavy atom. The van der Waals surface area contributed by atoms with Crippen LogP contribution in [0.2, 0.25) is 0 Å². The van der Waals surface area contributed by atoms with Gasteiger partial charge in [0.1, 0.15) is 0 Å². The van der Waals surface area contributed by atoms with Crippen molar-refractivity contribution in [1.82, 2.24) is 4.90 Å². The van der Waals surface area contributed by atoms with E-state index < -0.39 is 17.7 Å². The second kappa shape index (κ2) is 8.02. The van der Waals surface area contributed by atoms with Crippen molar-refractivity contribution < 1.29 is 23.1 Å². The van der Waals surface area contributed by atoms with E-state index in [0.717, 1.165) is 17.4 Å². The number of nitrogens with zero attached hydrogens (tertiary/aromatic N) is 1. The van der Waals surface area contributed by atoms with E-state index in [0.29, 0.717) is 31.5 Å². The molecule has 0 radical (unpaired) electrons. The number of hydrogen-bond donors (Lipinski definition) is 1. The van der Waals surface area contributed by atoms with Crippen LogP contribution in [0.3, 0.4) is 0 Å². The maximum atomic E-state index is 13.2. The molecule has 1 aliphatic heterocycles. The fourth-order valence-corrected chi connectivity index (χ4v) is 4.69. The van der Waals surface area contributed by atoms with E-state index in [1.807, 2.05) is 19.1 Å². The first-order valence-electron chi connectivity index (χ1n) is 9.02. The van der Waals surface area contributed by atoms with E-state index in [4.69, 9.17) is 0 Å². The maximum Gasteiger partial charge on any atom is 0.416 e. The first-order valence-corrected chi connectivity index (χ1v) is 9.84. The van der Waals surface area contributed by atoms with E-state index in [1.54, 1.807) is 17.4 Å². The van der Waals surface area contributed by atoms with Crippen molar-refractivity contribution in [1.29, 1.82) is 0 Å². The molecular weight excluding hydrogens is 375 g/mol. The zero-order valence-corrected chi connectivity index (χ0v) is 15.8. The summed E-state index contributed by atoms with van der Waals surface area (Å²) in [4.78, 5) is 15.5. The molecule has 146 valence electrons. The smallest absolute Gasteiger partial charge is 0.416 e. The summed E-state index contributed by atoms with van der Waals surface area (Å²) in [6, 6.07) is 9.20. The van der Waals surface area contributed by atoms with E-state index in [2.05, 4.69) is 4.90 Å². The van der Waals surface area contributed by atoms with E-state index in [9.17, 15) is 23.1 Å². The lowest BCUT2D eigenvalue weighted by molar-refractivity contribution is -0.143. The number of aryl methyl sites for hydroxylation is 1. The van der Waals surface area contributed by atoms with Crippen molar-refractivity contribution in [2.75, 3.05) is 13.1 Å². The zero-order chi connectivity index (χ0) is 19.6. The first kappa shape index (κ1) is 19.9. The van der Waals surface area contributed by atoms with Crippen LogP contribution in [-0.2, 0) is 17.4 Å². The maximum absolute atomic E-state index is 13.2. The number of thiophene rings is 1. The van der Waals surface area contributed by atoms with Gasteiger partial charge in [-0.2, -0.15) is 13.2 Å². The molecular formula is C20H22F3NO2S. The highest BCUT2D eigenvalue weighted by Gasteiger charge is 2.34. The summed E-state index contributed by atoms with van der Waals surface area (Å²) < 4.78 is 39.6. The molecule has 1 N–H and O–H groups in total. The van der Waals surface area contributed by atoms with Crippen LogP contribution in [0, 0.1) is 5.92 Å². The third-order valence-electron chi connectivity index (χ3n) is 5.07. The highest BCUT2D eigenvalue weighted by molar-refractivity contribution is 7.12. The van der Waals surface area contributed by atoms with Crippen LogP contribution >= 0.6 is 11.3 Å². The van der Waals surface area contributed by atoms with Gasteiger partial charge in [-0.3, -0.25) is 9.69 Å². The minimum Gasteiger partial charge on any atom is -0.481 e. The van der Waals surface area contributed by atoms with Gasteiger partial charge in [0.15, 0.2) is 0 Å². The number of alkyl halides is 3. The van der Waals surface area contributed by atoms with Gasteiger partial charge in [0.2, 0.25) is 0 Å². The van der Waals surface area contributed by atoms with Crippen LogP contribution in [0.1, 0.15) is 46.7 Å². The number of piperidine rings is 1. The topological polar surface area (TPSA) is 40.5 Å². The van der Waals surface area contributed by atoms with Gasteiger partial charge in [0, 0.05) is 9.75 Å². The lowest BCUT2D eigenvalue weighted by Crippen LogP contribution is -2.39. The van der Waals surface area contributed by atoms with Crippen molar-refractivity contribution in [3.8, 4) is 0 Å². The molecule has 1 aromatic carbocycles. The molecule has 2 heterocycles. The number of carbonyl (C=O) groups is 1. The summed E-state index contributed by atoms with van der Waals surface area (Å²) in [6.07, 6.45) is -2.49. The lowest BCUT2D eigenvalue weighted by Gasteiger charge is -2.36. The molecule has 27 heavy (non-hydrogen) atoms. The third kappa shape index (κ3) is 4.52. The molecule has 1 saturated heterocycles. The van der Waals surface area contributed by atoms with Gasteiger partial charge >= 0.3 is 12.1 Å². The number of aliphatic carboxylic acids is 1. The summed E-state index contributed by atoms with van der Waals surface area (Å²) in [7, 11) is 0. The number of likely N-dealkylation sites (tertiary alicyclic amines) is 1. The highest BCUT2D eigenvalue weighted by Crippen LogP contribution is 2.38. The number of benzene rings is 1. The monoisotopic (exact) mass is 397 g/mol. The minimum absolute atomic E-state index is 0.285. The zero-order valence-electron chi connectivity index (χ0n) is 15.0. The predicted molar refractivity (Wildman–Crippen MR) is 98.9 cm³/mol. The van der Waals surface area contributed by atoms with Crippen LogP contribution < -0.4 is 0 Å². The largest absolute Gasteiger partial charge is 0.481 e. The molecule has 0 amide bonds. The van der Waals surface area contributed by atoms with Crippen molar-refractivity contribution in [2.24, 2.45) is 5.92 Å². The number of rotatable bonds is 5. The Balaban J connectivity index is 1.95. The van der Waals surface area contributed by atoms with Crippen molar-refractivity contribution in [2.45, 2.75) is 38.4 Å². The molecule has 1 aliphatic rings. The van der Waals surface area contributed by atoms with E-state index in [1.165, 1.54) is 17.0 Å². The Morgan fingerprint density at radius 1 is 1.26 bits per heavy atom. The van der Waals surface area contributed by atoms with Crippen molar-refractivity contribution in [3.05, 3.63) is 57.3 Å². The van der Waals surface area contributed by atoms with E-state index >= 15 is 0 Å². The Bertz CT molecular complexity index is 795. The first-order chi connectivity index (χ1) is 12.8. The lowest BCUT2D eigenvalue weighted by atomic mass is 9.93. The molecule has 7 heteroatoms. The molecule has 3 rings (SSSR count). The second-order valence-electron chi connectivity index (χ2n) is 6.83. The molecule has 0 aliphatic carbocycles. The van der Waals surface area contributed by atoms with Crippen LogP contribution in [0.5, 0.6) is 0 Å². The number of carboxylic acids is 1. The number of halogens is 3. The SMILES string of the molecule is CCc1ccc(C(c2cccc(C(F)(F)F)c2)N2CCC(C(=O)O)CC2)s1. The standard InChI is InChI=1S/C20H22F3NO2S/c1-2-16-6-7-17(27-16)18(24-10-8-13(9-11-24)19(25)26)14-4-3-5-15(12-14)20(21,22)23/h3-7,12-13,18H,2,8-11H2,1H3,(H,25,26). The fourth-order valence-electron chi connectivity index (χ4n) is 3.58. The number of hydrogen-bond acceptors (Lipinski definition) is 3. The summed E-state index contributed by atoms with van der Waals surface area (Å²) in [5.74, 6) is -1.17. The average Bonchev–Trinajstić information content (AvgIpc) is 3.11. The van der Waals surface area contributed by atoms with Gasteiger partial charge < -0.3 is 5.11 Å². The molecule has 0 saturated carbocycles. The number of carboxylic acid groups (broad SMARTS) is 1. The molecule has 1 unspecified atom stereocenters. The molecule has 3 nitrogen and oxygen atoms in total. The summed E-state index contributed by atoms with van der Waals surface area (Å²) in [6.45, 7) is 3.15. The molecule has 0 spiro atoms. The predicted octanol–water partition coefficient (Wildman–Crippen LogP) is 5.22. The molecule has 1 atom stereocenters. The summed E-state index contributed by atoms with van der Waals surface area (Å²) >= 11 is 1.61. The van der Waals surface area contributed by atoms with Crippen LogP contribution in [-0.4, -0.2) is 29.1 Å². The quantitative estimate of drug-likeness (QED) is 0.752. The average molecular weight is 397 g/mol. The van der Waals surface area contributed by atoms with Crippen LogP contribution in [0.4, 0.5) is 13.2 Å². The minimum atomic E-state index is -4.39. The van der Waals surface area contributed by atoms with Gasteiger partial charge in [-0.15, -0.1) is 11.3 Å². The highest BCUT2D eigenvalue weighted by atomic mass is 32.1. The van der Waals surface area contributed by atoms with Gasteiger partial charge in [-0.25, -0.2) is 0 Å². The molecule has 1 aromatic heterocycles. The molecule has 0 bridgehead atoms. The molecule has 1 fully saturated rings. The summed E-state index contributed by atoms with van der Waals surface area (Å²) in [5.41, 5.74) is -0.0548. The van der Waals surface area contributed by atoms with Gasteiger partial charge in [0.25, 0.3) is 0 Å². The molecule has 2 aromatic rings. The van der Waals surface area contributed by atoms with Crippen LogP contribution in [0.25, 0.3) is 0 Å². The fraction of sp³-hybridized carbons (Fsp3) is 0.450. The Hall–Kier alpha value is -1.86.